The molecule has 202 valence electrons. The molecule has 2 aromatic carbocycles. The number of nitro benzene ring substituents is 1. The SMILES string of the molecule is CCOC(=O)[C@@H](C)Oc1c(OCC)cc(C=Nn2c([C@H](C)CC)nc3ccc(Br)cc3c2=O)cc1[N+](=O)[O-]. The topological polar surface area (TPSA) is 135 Å². The molecule has 0 radical (unpaired) electrons. The van der Waals surface area contributed by atoms with Gasteiger partial charge >= 0.3 is 11.7 Å². The van der Waals surface area contributed by atoms with E-state index in [1.165, 1.54) is 29.9 Å². The molecule has 0 amide bonds. The van der Waals surface area contributed by atoms with E-state index in [1.54, 1.807) is 26.0 Å². The number of nitro groups is 1. The third-order valence-electron chi connectivity index (χ3n) is 5.68. The van der Waals surface area contributed by atoms with Crippen molar-refractivity contribution in [3.8, 4) is 11.5 Å². The Morgan fingerprint density at radius 1 is 1.21 bits per heavy atom. The average molecular weight is 589 g/mol. The fraction of sp³-hybridized carbons (Fsp3) is 0.385. The molecule has 0 saturated heterocycles. The number of halogens is 1. The summed E-state index contributed by atoms with van der Waals surface area (Å²) in [4.78, 5) is 41.4. The molecule has 0 N–H and O–H groups in total. The van der Waals surface area contributed by atoms with Gasteiger partial charge < -0.3 is 14.2 Å². The lowest BCUT2D eigenvalue weighted by Gasteiger charge is -2.17. The number of fused-ring (bicyclic) bond motifs is 1. The molecule has 1 aromatic heterocycles. The lowest BCUT2D eigenvalue weighted by atomic mass is 10.1. The van der Waals surface area contributed by atoms with Crippen molar-refractivity contribution in [2.75, 3.05) is 13.2 Å². The predicted molar refractivity (Wildman–Crippen MR) is 146 cm³/mol. The van der Waals surface area contributed by atoms with Gasteiger partial charge in [-0.2, -0.15) is 9.78 Å². The number of nitrogens with zero attached hydrogens (tertiary/aromatic N) is 4. The molecule has 0 spiro atoms. The van der Waals surface area contributed by atoms with Crippen molar-refractivity contribution in [3.63, 3.8) is 0 Å². The van der Waals surface area contributed by atoms with Crippen LogP contribution in [0.15, 0.2) is 44.7 Å². The van der Waals surface area contributed by atoms with Crippen LogP contribution < -0.4 is 15.0 Å². The average Bonchev–Trinajstić information content (AvgIpc) is 2.89. The number of rotatable bonds is 11. The molecule has 0 aliphatic rings. The molecule has 1 heterocycles. The van der Waals surface area contributed by atoms with Crippen LogP contribution in [0.5, 0.6) is 11.5 Å². The number of carbonyl (C=O) groups is 1. The summed E-state index contributed by atoms with van der Waals surface area (Å²) in [7, 11) is 0. The first-order valence-electron chi connectivity index (χ1n) is 12.2. The number of aromatic nitrogens is 2. The molecule has 0 aliphatic carbocycles. The van der Waals surface area contributed by atoms with Gasteiger partial charge in [0.25, 0.3) is 5.56 Å². The molecule has 0 bridgehead atoms. The van der Waals surface area contributed by atoms with Crippen LogP contribution >= 0.6 is 15.9 Å². The zero-order valence-electron chi connectivity index (χ0n) is 21.8. The fourth-order valence-electron chi connectivity index (χ4n) is 3.59. The first-order chi connectivity index (χ1) is 18.1. The molecule has 2 atom stereocenters. The molecular formula is C26H29BrN4O7. The van der Waals surface area contributed by atoms with Crippen LogP contribution in [-0.4, -0.2) is 46.1 Å². The van der Waals surface area contributed by atoms with Crippen molar-refractivity contribution in [1.82, 2.24) is 9.66 Å². The van der Waals surface area contributed by atoms with Crippen molar-refractivity contribution >= 4 is 44.7 Å². The molecular weight excluding hydrogens is 560 g/mol. The fourth-order valence-corrected chi connectivity index (χ4v) is 3.95. The summed E-state index contributed by atoms with van der Waals surface area (Å²) in [5.41, 5.74) is 0.0354. The quantitative estimate of drug-likeness (QED) is 0.129. The van der Waals surface area contributed by atoms with E-state index in [9.17, 15) is 19.7 Å². The van der Waals surface area contributed by atoms with Crippen LogP contribution in [0, 0.1) is 10.1 Å². The zero-order valence-corrected chi connectivity index (χ0v) is 23.4. The van der Waals surface area contributed by atoms with Crippen molar-refractivity contribution < 1.29 is 23.9 Å². The third kappa shape index (κ3) is 6.36. The van der Waals surface area contributed by atoms with Gasteiger partial charge in [-0.1, -0.05) is 29.8 Å². The van der Waals surface area contributed by atoms with Crippen LogP contribution in [0.25, 0.3) is 10.9 Å². The molecule has 0 fully saturated rings. The Hall–Kier alpha value is -3.80. The van der Waals surface area contributed by atoms with E-state index >= 15 is 0 Å². The van der Waals surface area contributed by atoms with Crippen molar-refractivity contribution in [2.24, 2.45) is 5.10 Å². The monoisotopic (exact) mass is 588 g/mol. The number of benzene rings is 2. The number of esters is 1. The summed E-state index contributed by atoms with van der Waals surface area (Å²) in [6.45, 7) is 9.03. The normalized spacial score (nSPS) is 12.9. The number of hydrogen-bond acceptors (Lipinski definition) is 9. The van der Waals surface area contributed by atoms with Gasteiger partial charge in [0.05, 0.1) is 35.3 Å². The second-order valence-electron chi connectivity index (χ2n) is 8.37. The maximum Gasteiger partial charge on any atom is 0.347 e. The predicted octanol–water partition coefficient (Wildman–Crippen LogP) is 5.19. The first kappa shape index (κ1) is 28.8. The minimum absolute atomic E-state index is 0.0503. The van der Waals surface area contributed by atoms with Gasteiger partial charge in [-0.3, -0.25) is 14.9 Å². The van der Waals surface area contributed by atoms with Gasteiger partial charge in [0.15, 0.2) is 11.9 Å². The first-order valence-corrected chi connectivity index (χ1v) is 13.0. The summed E-state index contributed by atoms with van der Waals surface area (Å²) in [5.74, 6) is -0.437. The van der Waals surface area contributed by atoms with Crippen molar-refractivity contribution in [1.29, 1.82) is 0 Å². The number of carbonyl (C=O) groups excluding carboxylic acids is 1. The van der Waals surface area contributed by atoms with Crippen LogP contribution in [0.1, 0.15) is 58.3 Å². The highest BCUT2D eigenvalue weighted by molar-refractivity contribution is 9.10. The largest absolute Gasteiger partial charge is 0.490 e. The Morgan fingerprint density at radius 3 is 2.58 bits per heavy atom. The van der Waals surface area contributed by atoms with Gasteiger partial charge in [0.1, 0.15) is 5.82 Å². The summed E-state index contributed by atoms with van der Waals surface area (Å²) in [6.07, 6.45) is 0.939. The molecule has 11 nitrogen and oxygen atoms in total. The Balaban J connectivity index is 2.14. The standard InChI is InChI=1S/C26H29BrN4O7/c1-6-15(4)24-29-20-10-9-18(27)13-19(20)25(32)30(24)28-14-17-11-21(31(34)35)23(22(12-17)36-7-2)38-16(5)26(33)37-8-3/h9-16H,6-8H2,1-5H3/t15-,16-/m1/s1. The smallest absolute Gasteiger partial charge is 0.347 e. The molecule has 0 aliphatic heterocycles. The van der Waals surface area contributed by atoms with Gasteiger partial charge in [-0.15, -0.1) is 0 Å². The van der Waals surface area contributed by atoms with E-state index in [0.29, 0.717) is 23.1 Å². The minimum Gasteiger partial charge on any atom is -0.490 e. The highest BCUT2D eigenvalue weighted by atomic mass is 79.9. The van der Waals surface area contributed by atoms with Crippen molar-refractivity contribution in [3.05, 3.63) is 66.7 Å². The van der Waals surface area contributed by atoms with E-state index in [4.69, 9.17) is 14.2 Å². The summed E-state index contributed by atoms with van der Waals surface area (Å²) in [5, 5.41) is 16.7. The van der Waals surface area contributed by atoms with Crippen LogP contribution in [0.4, 0.5) is 5.69 Å². The third-order valence-corrected chi connectivity index (χ3v) is 6.17. The number of ether oxygens (including phenoxy) is 3. The van der Waals surface area contributed by atoms with E-state index in [-0.39, 0.29) is 41.8 Å². The molecule has 0 unspecified atom stereocenters. The van der Waals surface area contributed by atoms with Gasteiger partial charge in [0, 0.05) is 22.0 Å². The lowest BCUT2D eigenvalue weighted by molar-refractivity contribution is -0.386. The van der Waals surface area contributed by atoms with E-state index < -0.39 is 22.7 Å². The Kier molecular flexibility index (Phi) is 9.56. The van der Waals surface area contributed by atoms with E-state index in [0.717, 1.165) is 4.47 Å². The highest BCUT2D eigenvalue weighted by Gasteiger charge is 2.27. The molecule has 38 heavy (non-hydrogen) atoms. The van der Waals surface area contributed by atoms with E-state index in [1.807, 2.05) is 19.9 Å². The Labute approximate surface area is 227 Å². The van der Waals surface area contributed by atoms with Crippen LogP contribution in [0.2, 0.25) is 0 Å². The van der Waals surface area contributed by atoms with Crippen molar-refractivity contribution in [2.45, 2.75) is 53.1 Å². The van der Waals surface area contributed by atoms with E-state index in [2.05, 4.69) is 26.0 Å². The van der Waals surface area contributed by atoms with Gasteiger partial charge in [-0.25, -0.2) is 9.78 Å². The summed E-state index contributed by atoms with van der Waals surface area (Å²) >= 11 is 3.38. The molecule has 3 aromatic rings. The van der Waals surface area contributed by atoms with Gasteiger partial charge in [0.2, 0.25) is 5.75 Å². The van der Waals surface area contributed by atoms with Gasteiger partial charge in [-0.05, 0) is 51.5 Å². The number of hydrogen-bond donors (Lipinski definition) is 0. The lowest BCUT2D eigenvalue weighted by Crippen LogP contribution is -2.26. The summed E-state index contributed by atoms with van der Waals surface area (Å²) < 4.78 is 18.1. The maximum absolute atomic E-state index is 13.4. The second-order valence-corrected chi connectivity index (χ2v) is 9.29. The zero-order chi connectivity index (χ0) is 28.0. The van der Waals surface area contributed by atoms with Crippen LogP contribution in [0.3, 0.4) is 0 Å². The maximum atomic E-state index is 13.4. The molecule has 3 rings (SSSR count). The second kappa shape index (κ2) is 12.6. The summed E-state index contributed by atoms with van der Waals surface area (Å²) in [6, 6.07) is 7.97. The Morgan fingerprint density at radius 2 is 1.95 bits per heavy atom. The minimum atomic E-state index is -1.10. The Bertz CT molecular complexity index is 1440. The molecule has 12 heteroatoms. The molecule has 0 saturated carbocycles. The van der Waals surface area contributed by atoms with Crippen LogP contribution in [-0.2, 0) is 9.53 Å². The highest BCUT2D eigenvalue weighted by Crippen LogP contribution is 2.39.